The van der Waals surface area contributed by atoms with E-state index in [1.165, 1.54) is 35.2 Å². The smallest absolute Gasteiger partial charge is 0.295 e. The largest absolute Gasteiger partial charge is 0.507 e. The highest BCUT2D eigenvalue weighted by atomic mass is 19.1. The first kappa shape index (κ1) is 20.3. The molecule has 0 spiro atoms. The lowest BCUT2D eigenvalue weighted by Gasteiger charge is -2.24. The van der Waals surface area contributed by atoms with Crippen molar-refractivity contribution in [3.05, 3.63) is 83.2 Å². The Morgan fingerprint density at radius 3 is 2.52 bits per heavy atom. The van der Waals surface area contributed by atoms with Crippen molar-refractivity contribution >= 4 is 17.4 Å². The van der Waals surface area contributed by atoms with Gasteiger partial charge in [0.15, 0.2) is 0 Å². The van der Waals surface area contributed by atoms with Crippen LogP contribution in [0.3, 0.4) is 0 Å². The number of ketones is 1. The van der Waals surface area contributed by atoms with Gasteiger partial charge in [0.1, 0.15) is 17.3 Å². The lowest BCUT2D eigenvalue weighted by atomic mass is 9.94. The van der Waals surface area contributed by atoms with E-state index in [2.05, 4.69) is 6.58 Å². The van der Waals surface area contributed by atoms with Crippen LogP contribution in [0.1, 0.15) is 29.7 Å². The summed E-state index contributed by atoms with van der Waals surface area (Å²) < 4.78 is 18.9. The Kier molecular flexibility index (Phi) is 5.82. The van der Waals surface area contributed by atoms with Crippen LogP contribution in [0.15, 0.2) is 60.7 Å². The first-order chi connectivity index (χ1) is 13.9. The van der Waals surface area contributed by atoms with Crippen molar-refractivity contribution in [3.63, 3.8) is 0 Å². The molecule has 2 aromatic carbocycles. The highest BCUT2D eigenvalue weighted by Gasteiger charge is 2.45. The number of carbonyl (C=O) groups is 2. The Morgan fingerprint density at radius 2 is 1.93 bits per heavy atom. The molecule has 1 amide bonds. The van der Waals surface area contributed by atoms with Crippen molar-refractivity contribution in [2.45, 2.75) is 19.9 Å². The maximum Gasteiger partial charge on any atom is 0.295 e. The zero-order valence-corrected chi connectivity index (χ0v) is 16.3. The molecule has 0 unspecified atom stereocenters. The topological polar surface area (TPSA) is 66.8 Å². The summed E-state index contributed by atoms with van der Waals surface area (Å²) >= 11 is 0. The van der Waals surface area contributed by atoms with E-state index in [0.717, 1.165) is 5.56 Å². The molecule has 0 saturated carbocycles. The molecule has 1 aliphatic heterocycles. The number of amides is 1. The molecule has 150 valence electrons. The summed E-state index contributed by atoms with van der Waals surface area (Å²) in [6, 6.07) is 9.71. The van der Waals surface area contributed by atoms with E-state index in [0.29, 0.717) is 23.5 Å². The fraction of sp³-hybridized carbons (Fsp3) is 0.217. The van der Waals surface area contributed by atoms with E-state index < -0.39 is 23.5 Å². The Bertz CT molecular complexity index is 994. The third-order valence-corrected chi connectivity index (χ3v) is 4.80. The van der Waals surface area contributed by atoms with Gasteiger partial charge < -0.3 is 14.7 Å². The maximum absolute atomic E-state index is 13.4. The van der Waals surface area contributed by atoms with Gasteiger partial charge in [-0.2, -0.15) is 0 Å². The molecule has 1 atom stereocenters. The number of aliphatic hydroxyl groups excluding tert-OH is 1. The van der Waals surface area contributed by atoms with Crippen LogP contribution in [0.2, 0.25) is 0 Å². The molecule has 0 bridgehead atoms. The first-order valence-electron chi connectivity index (χ1n) is 9.27. The zero-order valence-electron chi connectivity index (χ0n) is 16.3. The van der Waals surface area contributed by atoms with Crippen LogP contribution in [0.4, 0.5) is 4.39 Å². The van der Waals surface area contributed by atoms with E-state index in [9.17, 15) is 19.1 Å². The summed E-state index contributed by atoms with van der Waals surface area (Å²) in [7, 11) is 0. The van der Waals surface area contributed by atoms with Crippen molar-refractivity contribution in [2.24, 2.45) is 0 Å². The van der Waals surface area contributed by atoms with Crippen LogP contribution in [-0.2, 0) is 9.59 Å². The van der Waals surface area contributed by atoms with Crippen molar-refractivity contribution < 1.29 is 23.8 Å². The van der Waals surface area contributed by atoms with Crippen LogP contribution in [0.25, 0.3) is 5.76 Å². The van der Waals surface area contributed by atoms with Crippen LogP contribution < -0.4 is 4.74 Å². The standard InChI is InChI=1S/C23H22FNO4/c1-4-12-25-20(15-6-9-17(24)10-7-15)19(22(27)23(25)28)21(26)16-8-11-18(29-5-2)14(3)13-16/h4,6-11,13,20,26H,1,5,12H2,2-3H3/t20-/m1/s1. The Hall–Kier alpha value is -3.41. The molecule has 1 aliphatic rings. The number of aliphatic hydroxyl groups is 1. The number of carbonyl (C=O) groups excluding carboxylic acids is 2. The van der Waals surface area contributed by atoms with E-state index in [1.54, 1.807) is 18.2 Å². The average molecular weight is 395 g/mol. The average Bonchev–Trinajstić information content (AvgIpc) is 2.95. The monoisotopic (exact) mass is 395 g/mol. The zero-order chi connectivity index (χ0) is 21.1. The number of nitrogens with zero attached hydrogens (tertiary/aromatic N) is 1. The van der Waals surface area contributed by atoms with E-state index >= 15 is 0 Å². The second-order valence-corrected chi connectivity index (χ2v) is 6.70. The molecular formula is C23H22FNO4. The number of likely N-dealkylation sites (tertiary alicyclic amines) is 1. The number of hydrogen-bond donors (Lipinski definition) is 1. The second kappa shape index (κ2) is 8.31. The molecule has 1 heterocycles. The predicted octanol–water partition coefficient (Wildman–Crippen LogP) is 4.14. The normalized spacial score (nSPS) is 18.2. The molecule has 5 nitrogen and oxygen atoms in total. The van der Waals surface area contributed by atoms with E-state index in [4.69, 9.17) is 4.74 Å². The minimum Gasteiger partial charge on any atom is -0.507 e. The van der Waals surface area contributed by atoms with Gasteiger partial charge in [-0.25, -0.2) is 4.39 Å². The number of aryl methyl sites for hydroxylation is 1. The molecule has 0 radical (unpaired) electrons. The van der Waals surface area contributed by atoms with E-state index in [1.807, 2.05) is 13.8 Å². The summed E-state index contributed by atoms with van der Waals surface area (Å²) in [5.41, 5.74) is 1.67. The number of Topliss-reactive ketones (excluding diaryl/α,β-unsaturated/α-hetero) is 1. The predicted molar refractivity (Wildman–Crippen MR) is 108 cm³/mol. The lowest BCUT2D eigenvalue weighted by Crippen LogP contribution is -2.29. The van der Waals surface area contributed by atoms with Gasteiger partial charge in [0.25, 0.3) is 11.7 Å². The van der Waals surface area contributed by atoms with Gasteiger partial charge in [0.2, 0.25) is 0 Å². The summed E-state index contributed by atoms with van der Waals surface area (Å²) in [5, 5.41) is 11.0. The fourth-order valence-electron chi connectivity index (χ4n) is 3.47. The number of hydrogen-bond acceptors (Lipinski definition) is 4. The molecule has 1 saturated heterocycles. The molecule has 0 aliphatic carbocycles. The van der Waals surface area contributed by atoms with E-state index in [-0.39, 0.29) is 17.9 Å². The van der Waals surface area contributed by atoms with Crippen LogP contribution in [-0.4, -0.2) is 34.8 Å². The SMILES string of the molecule is C=CCN1C(=O)C(=O)C(=C(O)c2ccc(OCC)c(C)c2)[C@H]1c1ccc(F)cc1. The second-order valence-electron chi connectivity index (χ2n) is 6.70. The highest BCUT2D eigenvalue weighted by Crippen LogP contribution is 2.39. The highest BCUT2D eigenvalue weighted by molar-refractivity contribution is 6.46. The molecule has 0 aromatic heterocycles. The summed E-state index contributed by atoms with van der Waals surface area (Å²) in [6.45, 7) is 7.96. The van der Waals surface area contributed by atoms with Crippen molar-refractivity contribution in [1.82, 2.24) is 4.90 Å². The van der Waals surface area contributed by atoms with Crippen molar-refractivity contribution in [2.75, 3.05) is 13.2 Å². The molecule has 1 N–H and O–H groups in total. The molecule has 1 fully saturated rings. The Morgan fingerprint density at radius 1 is 1.24 bits per heavy atom. The van der Waals surface area contributed by atoms with Gasteiger partial charge >= 0.3 is 0 Å². The number of benzene rings is 2. The molecule has 6 heteroatoms. The summed E-state index contributed by atoms with van der Waals surface area (Å²) in [4.78, 5) is 26.7. The van der Waals surface area contributed by atoms with Gasteiger partial charge in [-0.1, -0.05) is 18.2 Å². The molecule has 2 aromatic rings. The van der Waals surface area contributed by atoms with Gasteiger partial charge in [-0.05, 0) is 55.3 Å². The van der Waals surface area contributed by atoms with Crippen LogP contribution in [0, 0.1) is 12.7 Å². The van der Waals surface area contributed by atoms with Crippen molar-refractivity contribution in [1.29, 1.82) is 0 Å². The summed E-state index contributed by atoms with van der Waals surface area (Å²) in [6.07, 6.45) is 1.50. The lowest BCUT2D eigenvalue weighted by molar-refractivity contribution is -0.139. The first-order valence-corrected chi connectivity index (χ1v) is 9.27. The van der Waals surface area contributed by atoms with Gasteiger partial charge in [-0.15, -0.1) is 6.58 Å². The number of ether oxygens (including phenoxy) is 1. The van der Waals surface area contributed by atoms with Gasteiger partial charge in [-0.3, -0.25) is 9.59 Å². The van der Waals surface area contributed by atoms with Gasteiger partial charge in [0.05, 0.1) is 18.2 Å². The Labute approximate surface area is 168 Å². The third kappa shape index (κ3) is 3.78. The minimum atomic E-state index is -0.833. The third-order valence-electron chi connectivity index (χ3n) is 4.80. The fourth-order valence-corrected chi connectivity index (χ4v) is 3.47. The Balaban J connectivity index is 2.15. The molecule has 29 heavy (non-hydrogen) atoms. The maximum atomic E-state index is 13.4. The van der Waals surface area contributed by atoms with Crippen LogP contribution >= 0.6 is 0 Å². The quantitative estimate of drug-likeness (QED) is 0.346. The number of rotatable bonds is 6. The van der Waals surface area contributed by atoms with Gasteiger partial charge in [0, 0.05) is 12.1 Å². The van der Waals surface area contributed by atoms with Crippen LogP contribution in [0.5, 0.6) is 5.75 Å². The molecular weight excluding hydrogens is 373 g/mol. The molecule has 3 rings (SSSR count). The number of halogens is 1. The van der Waals surface area contributed by atoms with Crippen molar-refractivity contribution in [3.8, 4) is 5.75 Å². The summed E-state index contributed by atoms with van der Waals surface area (Å²) in [5.74, 6) is -1.56. The minimum absolute atomic E-state index is 0.0352.